The van der Waals surface area contributed by atoms with Gasteiger partial charge in [0.25, 0.3) is 0 Å². The fourth-order valence-corrected chi connectivity index (χ4v) is 2.13. The van der Waals surface area contributed by atoms with Gasteiger partial charge in [0.1, 0.15) is 0 Å². The van der Waals surface area contributed by atoms with Crippen molar-refractivity contribution in [3.05, 3.63) is 76.9 Å². The molecule has 2 aromatic rings. The van der Waals surface area contributed by atoms with E-state index >= 15 is 0 Å². The van der Waals surface area contributed by atoms with Crippen molar-refractivity contribution in [2.75, 3.05) is 0 Å². The second-order valence-corrected chi connectivity index (χ2v) is 4.89. The first-order chi connectivity index (χ1) is 9.74. The zero-order chi connectivity index (χ0) is 14.4. The number of rotatable bonds is 4. The molecule has 0 amide bonds. The summed E-state index contributed by atoms with van der Waals surface area (Å²) in [4.78, 5) is 0.772. The molecule has 0 unspecified atom stereocenters. The summed E-state index contributed by atoms with van der Waals surface area (Å²) in [6.07, 6.45) is 4.72. The highest BCUT2D eigenvalue weighted by molar-refractivity contribution is 7.81. The molecule has 1 nitrogen and oxygen atoms in total. The van der Waals surface area contributed by atoms with Crippen molar-refractivity contribution in [3.8, 4) is 6.07 Å². The Bertz CT molecular complexity index is 678. The van der Waals surface area contributed by atoms with Crippen molar-refractivity contribution in [1.82, 2.24) is 0 Å². The lowest BCUT2D eigenvalue weighted by atomic mass is 10.0. The Labute approximate surface area is 125 Å². The van der Waals surface area contributed by atoms with Crippen LogP contribution in [0.15, 0.2) is 54.6 Å². The van der Waals surface area contributed by atoms with E-state index in [2.05, 4.69) is 13.0 Å². The lowest BCUT2D eigenvalue weighted by Crippen LogP contribution is -1.92. The predicted molar refractivity (Wildman–Crippen MR) is 87.7 cm³/mol. The van der Waals surface area contributed by atoms with Gasteiger partial charge in [0.05, 0.1) is 11.6 Å². The van der Waals surface area contributed by atoms with Gasteiger partial charge < -0.3 is 0 Å². The molecular formula is C18H15NS. The van der Waals surface area contributed by atoms with Gasteiger partial charge in [0.2, 0.25) is 0 Å². The van der Waals surface area contributed by atoms with E-state index in [1.54, 1.807) is 0 Å². The van der Waals surface area contributed by atoms with Gasteiger partial charge >= 0.3 is 0 Å². The molecule has 0 radical (unpaired) electrons. The smallest absolute Gasteiger partial charge is 0.0998 e. The molecule has 0 aromatic heterocycles. The minimum absolute atomic E-state index is 0.691. The van der Waals surface area contributed by atoms with Crippen LogP contribution in [0.1, 0.15) is 29.2 Å². The van der Waals surface area contributed by atoms with E-state index in [9.17, 15) is 5.26 Å². The summed E-state index contributed by atoms with van der Waals surface area (Å²) in [7, 11) is 0. The van der Waals surface area contributed by atoms with Crippen molar-refractivity contribution in [2.45, 2.75) is 13.3 Å². The predicted octanol–water partition coefficient (Wildman–Crippen LogP) is 4.55. The fraction of sp³-hybridized carbons (Fsp3) is 0.111. The Morgan fingerprint density at radius 2 is 1.95 bits per heavy atom. The summed E-state index contributed by atoms with van der Waals surface area (Å²) in [5.41, 5.74) is 3.78. The second kappa shape index (κ2) is 6.79. The van der Waals surface area contributed by atoms with E-state index in [1.165, 1.54) is 5.56 Å². The monoisotopic (exact) mass is 277 g/mol. The molecule has 98 valence electrons. The number of nitriles is 1. The summed E-state index contributed by atoms with van der Waals surface area (Å²) >= 11 is 5.38. The third-order valence-electron chi connectivity index (χ3n) is 3.12. The van der Waals surface area contributed by atoms with Crippen LogP contribution in [0, 0.1) is 11.3 Å². The average molecular weight is 277 g/mol. The summed E-state index contributed by atoms with van der Waals surface area (Å²) in [6, 6.07) is 18.1. The zero-order valence-corrected chi connectivity index (χ0v) is 12.2. The third kappa shape index (κ3) is 3.40. The van der Waals surface area contributed by atoms with E-state index in [-0.39, 0.29) is 0 Å². The van der Waals surface area contributed by atoms with E-state index < -0.39 is 0 Å². The molecule has 0 atom stereocenters. The molecule has 0 fully saturated rings. The number of hydrogen-bond donors (Lipinski definition) is 0. The first-order valence-corrected chi connectivity index (χ1v) is 6.96. The SMILES string of the molecule is CCc1ccc(C=CC(=S)c2ccccc2)c(C#N)c1. The van der Waals surface area contributed by atoms with Crippen LogP contribution in [0.2, 0.25) is 0 Å². The molecular weight excluding hydrogens is 262 g/mol. The second-order valence-electron chi connectivity index (χ2n) is 4.45. The Balaban J connectivity index is 2.24. The molecule has 0 spiro atoms. The van der Waals surface area contributed by atoms with E-state index in [0.29, 0.717) is 5.56 Å². The van der Waals surface area contributed by atoms with Gasteiger partial charge in [-0.25, -0.2) is 0 Å². The average Bonchev–Trinajstić information content (AvgIpc) is 2.53. The van der Waals surface area contributed by atoms with E-state index in [1.807, 2.05) is 60.7 Å². The standard InChI is InChI=1S/C18H15NS/c1-2-14-8-9-15(17(12-14)13-19)10-11-18(20)16-6-4-3-5-7-16/h3-12H,2H2,1H3. The Morgan fingerprint density at radius 1 is 1.20 bits per heavy atom. The molecule has 0 aliphatic rings. The molecule has 2 aromatic carbocycles. The quantitative estimate of drug-likeness (QED) is 0.465. The Hall–Kier alpha value is -2.24. The third-order valence-corrected chi connectivity index (χ3v) is 3.49. The van der Waals surface area contributed by atoms with Crippen molar-refractivity contribution in [1.29, 1.82) is 5.26 Å². The first-order valence-electron chi connectivity index (χ1n) is 6.55. The molecule has 0 heterocycles. The number of allylic oxidation sites excluding steroid dienone is 1. The van der Waals surface area contributed by atoms with E-state index in [0.717, 1.165) is 22.4 Å². The minimum atomic E-state index is 0.691. The summed E-state index contributed by atoms with van der Waals surface area (Å²) in [6.45, 7) is 2.08. The lowest BCUT2D eigenvalue weighted by molar-refractivity contribution is 1.14. The fourth-order valence-electron chi connectivity index (χ4n) is 1.93. The highest BCUT2D eigenvalue weighted by Crippen LogP contribution is 2.14. The van der Waals surface area contributed by atoms with Gasteiger partial charge in [0, 0.05) is 4.86 Å². The first kappa shape index (κ1) is 14.2. The van der Waals surface area contributed by atoms with Crippen molar-refractivity contribution >= 4 is 23.2 Å². The molecule has 0 aliphatic carbocycles. The van der Waals surface area contributed by atoms with Crippen LogP contribution in [-0.4, -0.2) is 4.86 Å². The van der Waals surface area contributed by atoms with Crippen LogP contribution in [0.3, 0.4) is 0 Å². The molecule has 2 rings (SSSR count). The molecule has 0 bridgehead atoms. The Kier molecular flexibility index (Phi) is 4.81. The van der Waals surface area contributed by atoms with Crippen LogP contribution in [-0.2, 0) is 6.42 Å². The number of aryl methyl sites for hydroxylation is 1. The summed E-state index contributed by atoms with van der Waals surface area (Å²) < 4.78 is 0. The maximum atomic E-state index is 9.20. The van der Waals surface area contributed by atoms with Gasteiger partial charge in [0.15, 0.2) is 0 Å². The molecule has 0 saturated carbocycles. The van der Waals surface area contributed by atoms with Crippen molar-refractivity contribution < 1.29 is 0 Å². The van der Waals surface area contributed by atoms with E-state index in [4.69, 9.17) is 12.2 Å². The lowest BCUT2D eigenvalue weighted by Gasteiger charge is -2.02. The van der Waals surface area contributed by atoms with Gasteiger partial charge in [-0.15, -0.1) is 0 Å². The summed E-state index contributed by atoms with van der Waals surface area (Å²) in [5.74, 6) is 0. The largest absolute Gasteiger partial charge is 0.192 e. The molecule has 2 heteroatoms. The van der Waals surface area contributed by atoms with Crippen LogP contribution < -0.4 is 0 Å². The number of hydrogen-bond acceptors (Lipinski definition) is 2. The van der Waals surface area contributed by atoms with Crippen LogP contribution in [0.4, 0.5) is 0 Å². The number of nitrogens with zero attached hydrogens (tertiary/aromatic N) is 1. The van der Waals surface area contributed by atoms with Crippen LogP contribution in [0.25, 0.3) is 6.08 Å². The molecule has 0 aliphatic heterocycles. The van der Waals surface area contributed by atoms with Crippen LogP contribution in [0.5, 0.6) is 0 Å². The van der Waals surface area contributed by atoms with Crippen molar-refractivity contribution in [2.24, 2.45) is 0 Å². The molecule has 0 saturated heterocycles. The number of thiocarbonyl (C=S) groups is 1. The van der Waals surface area contributed by atoms with Gasteiger partial charge in [-0.05, 0) is 35.3 Å². The molecule has 0 N–H and O–H groups in total. The Morgan fingerprint density at radius 3 is 2.60 bits per heavy atom. The van der Waals surface area contributed by atoms with Gasteiger partial charge in [-0.1, -0.05) is 67.7 Å². The normalized spacial score (nSPS) is 10.4. The van der Waals surface area contributed by atoms with Crippen LogP contribution >= 0.6 is 12.2 Å². The maximum absolute atomic E-state index is 9.20. The zero-order valence-electron chi connectivity index (χ0n) is 11.3. The highest BCUT2D eigenvalue weighted by atomic mass is 32.1. The summed E-state index contributed by atoms with van der Waals surface area (Å²) in [5, 5.41) is 9.20. The maximum Gasteiger partial charge on any atom is 0.0998 e. The topological polar surface area (TPSA) is 23.8 Å². The highest BCUT2D eigenvalue weighted by Gasteiger charge is 2.01. The minimum Gasteiger partial charge on any atom is -0.192 e. The van der Waals surface area contributed by atoms with Gasteiger partial charge in [-0.3, -0.25) is 0 Å². The van der Waals surface area contributed by atoms with Gasteiger partial charge in [-0.2, -0.15) is 5.26 Å². The number of benzene rings is 2. The molecule has 20 heavy (non-hydrogen) atoms. The van der Waals surface area contributed by atoms with Crippen molar-refractivity contribution in [3.63, 3.8) is 0 Å².